The quantitative estimate of drug-likeness (QED) is 0.504. The lowest BCUT2D eigenvalue weighted by Crippen LogP contribution is -2.20. The van der Waals surface area contributed by atoms with Crippen LogP contribution in [0.15, 0.2) is 46.9 Å². The zero-order chi connectivity index (χ0) is 20.0. The zero-order valence-electron chi connectivity index (χ0n) is 14.7. The molecule has 0 saturated carbocycles. The van der Waals surface area contributed by atoms with Gasteiger partial charge in [0.1, 0.15) is 5.75 Å². The third-order valence-corrected chi connectivity index (χ3v) is 4.12. The van der Waals surface area contributed by atoms with Crippen molar-refractivity contribution in [3.8, 4) is 5.75 Å². The van der Waals surface area contributed by atoms with Crippen molar-refractivity contribution in [2.45, 2.75) is 13.8 Å². The minimum absolute atomic E-state index is 0.125. The van der Waals surface area contributed by atoms with Gasteiger partial charge in [-0.2, -0.15) is 0 Å². The molecule has 0 heterocycles. The van der Waals surface area contributed by atoms with E-state index in [1.165, 1.54) is 18.2 Å². The molecule has 0 atom stereocenters. The fraction of sp³-hybridized carbons (Fsp3) is 0.222. The predicted molar refractivity (Wildman–Crippen MR) is 105 cm³/mol. The van der Waals surface area contributed by atoms with Crippen molar-refractivity contribution < 1.29 is 19.2 Å². The van der Waals surface area contributed by atoms with Crippen LogP contribution in [-0.2, 0) is 9.59 Å². The van der Waals surface area contributed by atoms with Crippen molar-refractivity contribution in [1.29, 1.82) is 0 Å². The van der Waals surface area contributed by atoms with Crippen molar-refractivity contribution in [3.63, 3.8) is 0 Å². The summed E-state index contributed by atoms with van der Waals surface area (Å²) in [6, 6.07) is 10.7. The van der Waals surface area contributed by atoms with Gasteiger partial charge in [0.15, 0.2) is 6.61 Å². The second-order valence-electron chi connectivity index (χ2n) is 5.93. The van der Waals surface area contributed by atoms with Gasteiger partial charge in [-0.15, -0.1) is 0 Å². The number of non-ortho nitro benzene ring substituents is 1. The highest BCUT2D eigenvalue weighted by molar-refractivity contribution is 9.10. The second kappa shape index (κ2) is 9.13. The number of benzene rings is 2. The number of hydrogen-bond acceptors (Lipinski definition) is 5. The highest BCUT2D eigenvalue weighted by atomic mass is 79.9. The van der Waals surface area contributed by atoms with E-state index < -0.39 is 10.8 Å². The summed E-state index contributed by atoms with van der Waals surface area (Å²) in [5.41, 5.74) is 0.701. The van der Waals surface area contributed by atoms with E-state index in [0.717, 1.165) is 0 Å². The molecule has 0 aliphatic carbocycles. The molecule has 0 radical (unpaired) electrons. The fourth-order valence-electron chi connectivity index (χ4n) is 2.01. The van der Waals surface area contributed by atoms with Gasteiger partial charge in [-0.3, -0.25) is 19.7 Å². The molecule has 0 saturated heterocycles. The lowest BCUT2D eigenvalue weighted by Gasteiger charge is -2.11. The number of halogens is 1. The minimum Gasteiger partial charge on any atom is -0.484 e. The van der Waals surface area contributed by atoms with Crippen molar-refractivity contribution in [2.75, 3.05) is 17.2 Å². The third-order valence-electron chi connectivity index (χ3n) is 3.43. The van der Waals surface area contributed by atoms with Crippen LogP contribution in [0.1, 0.15) is 13.8 Å². The molecule has 9 heteroatoms. The van der Waals surface area contributed by atoms with E-state index >= 15 is 0 Å². The first-order valence-corrected chi connectivity index (χ1v) is 8.83. The maximum absolute atomic E-state index is 12.1. The highest BCUT2D eigenvalue weighted by Crippen LogP contribution is 2.27. The standard InChI is InChI=1S/C18H18BrN3O5/c1-11(2)18(24)20-12-4-3-5-14(8-12)27-10-17(23)21-16-9-13(22(25)26)6-7-15(16)19/h3-9,11H,10H2,1-2H3,(H,20,24)(H,21,23). The van der Waals surface area contributed by atoms with Gasteiger partial charge < -0.3 is 15.4 Å². The molecule has 2 N–H and O–H groups in total. The van der Waals surface area contributed by atoms with Crippen LogP contribution in [-0.4, -0.2) is 23.3 Å². The Hall–Kier alpha value is -2.94. The summed E-state index contributed by atoms with van der Waals surface area (Å²) in [5, 5.41) is 16.1. The number of nitrogens with zero attached hydrogens (tertiary/aromatic N) is 1. The summed E-state index contributed by atoms with van der Waals surface area (Å²) in [4.78, 5) is 34.1. The van der Waals surface area contributed by atoms with E-state index in [2.05, 4.69) is 26.6 Å². The number of rotatable bonds is 7. The maximum atomic E-state index is 12.1. The van der Waals surface area contributed by atoms with Gasteiger partial charge in [-0.25, -0.2) is 0 Å². The van der Waals surface area contributed by atoms with Crippen LogP contribution in [0.25, 0.3) is 0 Å². The molecule has 0 aliphatic heterocycles. The molecule has 2 rings (SSSR count). The molecule has 8 nitrogen and oxygen atoms in total. The number of ether oxygens (including phenoxy) is 1. The summed E-state index contributed by atoms with van der Waals surface area (Å²) in [7, 11) is 0. The van der Waals surface area contributed by atoms with Crippen LogP contribution < -0.4 is 15.4 Å². The van der Waals surface area contributed by atoms with Gasteiger partial charge in [0.05, 0.1) is 10.6 Å². The Labute approximate surface area is 164 Å². The number of amides is 2. The first kappa shape index (κ1) is 20.4. The zero-order valence-corrected chi connectivity index (χ0v) is 16.3. The molecule has 0 aromatic heterocycles. The van der Waals surface area contributed by atoms with Crippen LogP contribution in [0.3, 0.4) is 0 Å². The molecule has 27 heavy (non-hydrogen) atoms. The molecule has 2 aromatic rings. The number of anilines is 2. The van der Waals surface area contributed by atoms with Crippen LogP contribution >= 0.6 is 15.9 Å². The van der Waals surface area contributed by atoms with Crippen molar-refractivity contribution in [2.24, 2.45) is 5.92 Å². The SMILES string of the molecule is CC(C)C(=O)Nc1cccc(OCC(=O)Nc2cc([N+](=O)[O-])ccc2Br)c1. The Balaban J connectivity index is 1.97. The van der Waals surface area contributed by atoms with Gasteiger partial charge >= 0.3 is 0 Å². The van der Waals surface area contributed by atoms with Crippen molar-refractivity contribution in [3.05, 3.63) is 57.1 Å². The molecule has 2 aromatic carbocycles. The van der Waals surface area contributed by atoms with E-state index in [-0.39, 0.29) is 29.8 Å². The Morgan fingerprint density at radius 3 is 2.59 bits per heavy atom. The molecule has 2 amide bonds. The second-order valence-corrected chi connectivity index (χ2v) is 6.78. The molecule has 0 unspecified atom stereocenters. The van der Waals surface area contributed by atoms with Crippen molar-refractivity contribution in [1.82, 2.24) is 0 Å². The first-order chi connectivity index (χ1) is 12.8. The van der Waals surface area contributed by atoms with Crippen LogP contribution in [0.4, 0.5) is 17.1 Å². The Morgan fingerprint density at radius 1 is 1.19 bits per heavy atom. The van der Waals surface area contributed by atoms with Gasteiger partial charge in [0.2, 0.25) is 5.91 Å². The average Bonchev–Trinajstić information content (AvgIpc) is 2.62. The summed E-state index contributed by atoms with van der Waals surface area (Å²) < 4.78 is 5.94. The molecule has 0 bridgehead atoms. The van der Waals surface area contributed by atoms with Crippen LogP contribution in [0, 0.1) is 16.0 Å². The average molecular weight is 436 g/mol. The van der Waals surface area contributed by atoms with E-state index in [1.54, 1.807) is 38.1 Å². The summed E-state index contributed by atoms with van der Waals surface area (Å²) in [6.45, 7) is 3.27. The summed E-state index contributed by atoms with van der Waals surface area (Å²) in [6.07, 6.45) is 0. The number of carbonyl (C=O) groups is 2. The lowest BCUT2D eigenvalue weighted by atomic mass is 10.2. The monoisotopic (exact) mass is 435 g/mol. The number of nitro groups is 1. The van der Waals surface area contributed by atoms with Gasteiger partial charge in [0, 0.05) is 34.3 Å². The summed E-state index contributed by atoms with van der Waals surface area (Å²) in [5.74, 6) is -0.355. The molecular weight excluding hydrogens is 418 g/mol. The smallest absolute Gasteiger partial charge is 0.271 e. The van der Waals surface area contributed by atoms with Gasteiger partial charge in [0.25, 0.3) is 11.6 Å². The highest BCUT2D eigenvalue weighted by Gasteiger charge is 2.13. The van der Waals surface area contributed by atoms with E-state index in [4.69, 9.17) is 4.74 Å². The predicted octanol–water partition coefficient (Wildman–Crippen LogP) is 3.97. The Kier molecular flexibility index (Phi) is 6.89. The van der Waals surface area contributed by atoms with Crippen molar-refractivity contribution >= 4 is 44.8 Å². The maximum Gasteiger partial charge on any atom is 0.271 e. The number of nitro benzene ring substituents is 1. The molecular formula is C18H18BrN3O5. The Morgan fingerprint density at radius 2 is 1.93 bits per heavy atom. The number of carbonyl (C=O) groups excluding carboxylic acids is 2. The lowest BCUT2D eigenvalue weighted by molar-refractivity contribution is -0.384. The number of nitrogens with one attached hydrogen (secondary N) is 2. The van der Waals surface area contributed by atoms with Crippen LogP contribution in [0.5, 0.6) is 5.75 Å². The molecule has 0 aliphatic rings. The van der Waals surface area contributed by atoms with E-state index in [1.807, 2.05) is 0 Å². The Bertz CT molecular complexity index is 870. The van der Waals surface area contributed by atoms with Gasteiger partial charge in [-0.1, -0.05) is 19.9 Å². The molecule has 142 valence electrons. The first-order valence-electron chi connectivity index (χ1n) is 8.04. The van der Waals surface area contributed by atoms with Gasteiger partial charge in [-0.05, 0) is 34.1 Å². The summed E-state index contributed by atoms with van der Waals surface area (Å²) >= 11 is 3.23. The van der Waals surface area contributed by atoms with E-state index in [9.17, 15) is 19.7 Å². The molecule has 0 spiro atoms. The van der Waals surface area contributed by atoms with Crippen LogP contribution in [0.2, 0.25) is 0 Å². The third kappa shape index (κ3) is 6.07. The van der Waals surface area contributed by atoms with E-state index in [0.29, 0.717) is 15.9 Å². The minimum atomic E-state index is -0.546. The fourth-order valence-corrected chi connectivity index (χ4v) is 2.35. The number of hydrogen-bond donors (Lipinski definition) is 2. The molecule has 0 fully saturated rings. The largest absolute Gasteiger partial charge is 0.484 e. The topological polar surface area (TPSA) is 111 Å². The normalized spacial score (nSPS) is 10.4.